The van der Waals surface area contributed by atoms with Crippen molar-refractivity contribution < 1.29 is 32.9 Å². The molecule has 2 atom stereocenters. The Kier molecular flexibility index (Phi) is 6.06. The third-order valence-corrected chi connectivity index (χ3v) is 3.50. The van der Waals surface area contributed by atoms with Crippen molar-refractivity contribution in [2.24, 2.45) is 5.92 Å². The number of fused-ring (bicyclic) bond motifs is 1. The van der Waals surface area contributed by atoms with Crippen LogP contribution in [0.15, 0.2) is 18.2 Å². The van der Waals surface area contributed by atoms with Gasteiger partial charge in [-0.25, -0.2) is 0 Å². The zero-order chi connectivity index (χ0) is 13.1. The van der Waals surface area contributed by atoms with Crippen molar-refractivity contribution >= 4 is 26.8 Å². The van der Waals surface area contributed by atoms with Crippen LogP contribution in [0.25, 0.3) is 0 Å². The second-order valence-electron chi connectivity index (χ2n) is 4.09. The van der Waals surface area contributed by atoms with E-state index in [0.29, 0.717) is 25.1 Å². The minimum Gasteiger partial charge on any atom is -0.465 e. The fourth-order valence-corrected chi connectivity index (χ4v) is 2.42. The van der Waals surface area contributed by atoms with E-state index in [1.807, 2.05) is 10.7 Å². The standard InChI is InChI=1S/C13H15NO3P.V/c1-2-17-13(16)10-7-8-14(18)11-6-4-3-5-9(11)12(10)15;/h4-6,10H,2,7-8,18H2,1H3;/q-1;. The largest absolute Gasteiger partial charge is 0.465 e. The van der Waals surface area contributed by atoms with E-state index in [9.17, 15) is 9.59 Å². The Morgan fingerprint density at radius 2 is 2.37 bits per heavy atom. The van der Waals surface area contributed by atoms with Crippen molar-refractivity contribution in [3.8, 4) is 0 Å². The van der Waals surface area contributed by atoms with Gasteiger partial charge in [-0.1, -0.05) is 11.3 Å². The van der Waals surface area contributed by atoms with Gasteiger partial charge in [0.25, 0.3) is 0 Å². The molecule has 0 fully saturated rings. The van der Waals surface area contributed by atoms with E-state index < -0.39 is 11.9 Å². The topological polar surface area (TPSA) is 46.6 Å². The zero-order valence-corrected chi connectivity index (χ0v) is 13.2. The van der Waals surface area contributed by atoms with E-state index in [1.165, 1.54) is 0 Å². The molecule has 1 heterocycles. The number of ketones is 1. The van der Waals surface area contributed by atoms with Gasteiger partial charge in [-0.05, 0) is 22.7 Å². The molecular weight excluding hydrogens is 300 g/mol. The van der Waals surface area contributed by atoms with E-state index in [0.717, 1.165) is 5.69 Å². The zero-order valence-electron chi connectivity index (χ0n) is 10.6. The fourth-order valence-electron chi connectivity index (χ4n) is 2.05. The fraction of sp³-hybridized carbons (Fsp3) is 0.385. The Morgan fingerprint density at radius 3 is 3.05 bits per heavy atom. The summed E-state index contributed by atoms with van der Waals surface area (Å²) in [5.41, 5.74) is 1.35. The number of rotatable bonds is 2. The van der Waals surface area contributed by atoms with E-state index in [2.05, 4.69) is 15.5 Å². The van der Waals surface area contributed by atoms with Crippen LogP contribution in [0.1, 0.15) is 23.7 Å². The first-order chi connectivity index (χ1) is 8.65. The second kappa shape index (κ2) is 7.09. The number of esters is 1. The van der Waals surface area contributed by atoms with E-state index in [1.54, 1.807) is 19.1 Å². The quantitative estimate of drug-likeness (QED) is 0.362. The summed E-state index contributed by atoms with van der Waals surface area (Å²) in [6.07, 6.45) is 0.468. The Hall–Kier alpha value is -0.826. The number of carbonyl (C=O) groups excluding carboxylic acids is 2. The summed E-state index contributed by atoms with van der Waals surface area (Å²) in [5.74, 6) is -1.31. The molecule has 0 amide bonds. The first kappa shape index (κ1) is 16.2. The number of hydrogen-bond acceptors (Lipinski definition) is 4. The molecule has 1 aromatic carbocycles. The van der Waals surface area contributed by atoms with Crippen LogP contribution >= 0.6 is 9.39 Å². The average Bonchev–Trinajstić information content (AvgIpc) is 2.50. The molecule has 4 nitrogen and oxygen atoms in total. The van der Waals surface area contributed by atoms with Gasteiger partial charge in [-0.15, -0.1) is 6.07 Å². The predicted octanol–water partition coefficient (Wildman–Crippen LogP) is 1.85. The summed E-state index contributed by atoms with van der Waals surface area (Å²) >= 11 is 0. The number of ether oxygens (including phenoxy) is 1. The summed E-state index contributed by atoms with van der Waals surface area (Å²) < 4.78 is 6.87. The molecule has 0 saturated carbocycles. The average molecular weight is 315 g/mol. The molecule has 0 aromatic heterocycles. The van der Waals surface area contributed by atoms with Crippen LogP contribution < -0.4 is 4.67 Å². The van der Waals surface area contributed by atoms with Crippen LogP contribution in [0.5, 0.6) is 0 Å². The van der Waals surface area contributed by atoms with Crippen LogP contribution in [0.4, 0.5) is 5.69 Å². The van der Waals surface area contributed by atoms with Crippen molar-refractivity contribution in [2.75, 3.05) is 17.8 Å². The summed E-state index contributed by atoms with van der Waals surface area (Å²) in [4.78, 5) is 24.1. The van der Waals surface area contributed by atoms with E-state index >= 15 is 0 Å². The van der Waals surface area contributed by atoms with Crippen molar-refractivity contribution in [1.29, 1.82) is 0 Å². The third-order valence-electron chi connectivity index (χ3n) is 2.96. The van der Waals surface area contributed by atoms with Crippen molar-refractivity contribution in [3.05, 3.63) is 29.8 Å². The van der Waals surface area contributed by atoms with Crippen molar-refractivity contribution in [3.63, 3.8) is 0 Å². The molecular formula is C13H15NO3PV-. The molecule has 101 valence electrons. The second-order valence-corrected chi connectivity index (χ2v) is 4.72. The van der Waals surface area contributed by atoms with Gasteiger partial charge in [0.1, 0.15) is 11.7 Å². The van der Waals surface area contributed by atoms with Gasteiger partial charge in [0.2, 0.25) is 0 Å². The van der Waals surface area contributed by atoms with Crippen LogP contribution in [-0.4, -0.2) is 24.9 Å². The molecule has 0 N–H and O–H groups in total. The summed E-state index contributed by atoms with van der Waals surface area (Å²) in [6, 6.07) is 8.10. The van der Waals surface area contributed by atoms with Gasteiger partial charge < -0.3 is 14.2 Å². The summed E-state index contributed by atoms with van der Waals surface area (Å²) in [7, 11) is 2.57. The van der Waals surface area contributed by atoms with E-state index in [-0.39, 0.29) is 24.3 Å². The molecule has 0 saturated heterocycles. The van der Waals surface area contributed by atoms with Crippen LogP contribution in [0, 0.1) is 12.0 Å². The maximum absolute atomic E-state index is 12.3. The molecule has 2 unspecified atom stereocenters. The van der Waals surface area contributed by atoms with Gasteiger partial charge in [0, 0.05) is 25.1 Å². The molecule has 0 aliphatic carbocycles. The molecule has 1 aliphatic rings. The predicted molar refractivity (Wildman–Crippen MR) is 71.4 cm³/mol. The number of hydrogen-bond donors (Lipinski definition) is 0. The van der Waals surface area contributed by atoms with Crippen LogP contribution in [-0.2, 0) is 28.1 Å². The van der Waals surface area contributed by atoms with Gasteiger partial charge in [-0.3, -0.25) is 4.79 Å². The Balaban J connectivity index is 0.00000180. The molecule has 6 heteroatoms. The van der Waals surface area contributed by atoms with Crippen LogP contribution in [0.3, 0.4) is 0 Å². The van der Waals surface area contributed by atoms with Crippen LogP contribution in [0.2, 0.25) is 0 Å². The Morgan fingerprint density at radius 1 is 1.63 bits per heavy atom. The summed E-state index contributed by atoms with van der Waals surface area (Å²) in [6.45, 7) is 2.65. The molecule has 0 spiro atoms. The maximum atomic E-state index is 12.3. The van der Waals surface area contributed by atoms with E-state index in [4.69, 9.17) is 4.74 Å². The number of nitrogens with zero attached hydrogens (tertiary/aromatic N) is 1. The number of Topliss-reactive ketones (excluding diaryl/α,β-unsaturated/α-hetero) is 1. The number of carbonyl (C=O) groups is 2. The first-order valence-electron chi connectivity index (χ1n) is 5.88. The van der Waals surface area contributed by atoms with Gasteiger partial charge in [-0.2, -0.15) is 18.2 Å². The number of anilines is 1. The molecule has 1 radical (unpaired) electrons. The SMILES string of the molecule is CCOC(=O)C1CCN(P)c2cc[c-]cc2C1=O.[V]. The summed E-state index contributed by atoms with van der Waals surface area (Å²) in [5, 5.41) is 0. The minimum absolute atomic E-state index is 0. The molecule has 1 aromatic rings. The normalized spacial score (nSPS) is 18.1. The number of benzene rings is 1. The smallest absolute Gasteiger partial charge is 0.315 e. The monoisotopic (exact) mass is 315 g/mol. The Bertz CT molecular complexity index is 481. The Labute approximate surface area is 127 Å². The van der Waals surface area contributed by atoms with Gasteiger partial charge in [0.05, 0.1) is 6.61 Å². The third kappa shape index (κ3) is 3.39. The van der Waals surface area contributed by atoms with Gasteiger partial charge in [0.15, 0.2) is 0 Å². The van der Waals surface area contributed by atoms with Crippen molar-refractivity contribution in [1.82, 2.24) is 0 Å². The molecule has 19 heavy (non-hydrogen) atoms. The first-order valence-corrected chi connectivity index (χ1v) is 6.40. The maximum Gasteiger partial charge on any atom is 0.315 e. The molecule has 0 bridgehead atoms. The molecule has 2 rings (SSSR count). The molecule has 1 aliphatic heterocycles. The van der Waals surface area contributed by atoms with Crippen molar-refractivity contribution in [2.45, 2.75) is 13.3 Å². The minimum atomic E-state index is -0.704. The van der Waals surface area contributed by atoms with Gasteiger partial charge >= 0.3 is 5.97 Å².